The minimum absolute atomic E-state index is 0.00381. The van der Waals surface area contributed by atoms with E-state index in [1.807, 2.05) is 0 Å². The number of carbonyl (C=O) groups is 1. The Morgan fingerprint density at radius 1 is 1.53 bits per heavy atom. The van der Waals surface area contributed by atoms with Crippen molar-refractivity contribution in [3.05, 3.63) is 17.3 Å². The molecule has 0 saturated heterocycles. The van der Waals surface area contributed by atoms with Gasteiger partial charge in [-0.15, -0.1) is 0 Å². The summed E-state index contributed by atoms with van der Waals surface area (Å²) in [6, 6.07) is 1.21. The van der Waals surface area contributed by atoms with Crippen molar-refractivity contribution >= 4 is 33.3 Å². The van der Waals surface area contributed by atoms with Crippen molar-refractivity contribution in [1.29, 1.82) is 0 Å². The SMILES string of the molecule is CCNC(=O)CCNS(=O)(=O)c1cnc(N)c(Cl)c1. The molecule has 106 valence electrons. The molecule has 0 saturated carbocycles. The van der Waals surface area contributed by atoms with E-state index >= 15 is 0 Å². The highest BCUT2D eigenvalue weighted by Gasteiger charge is 2.16. The first-order valence-electron chi connectivity index (χ1n) is 5.54. The van der Waals surface area contributed by atoms with Crippen molar-refractivity contribution in [1.82, 2.24) is 15.0 Å². The van der Waals surface area contributed by atoms with E-state index in [0.717, 1.165) is 6.20 Å². The first kappa shape index (κ1) is 15.7. The van der Waals surface area contributed by atoms with E-state index in [2.05, 4.69) is 15.0 Å². The third kappa shape index (κ3) is 4.66. The number of nitrogens with one attached hydrogen (secondary N) is 2. The Kier molecular flexibility index (Phi) is 5.52. The number of hydrogen-bond acceptors (Lipinski definition) is 5. The number of halogens is 1. The first-order chi connectivity index (χ1) is 8.86. The second kappa shape index (κ2) is 6.69. The number of anilines is 1. The molecule has 19 heavy (non-hydrogen) atoms. The summed E-state index contributed by atoms with van der Waals surface area (Å²) in [6.07, 6.45) is 1.17. The van der Waals surface area contributed by atoms with E-state index in [9.17, 15) is 13.2 Å². The summed E-state index contributed by atoms with van der Waals surface area (Å²) in [5.74, 6) is -0.165. The van der Waals surface area contributed by atoms with E-state index < -0.39 is 10.0 Å². The van der Waals surface area contributed by atoms with Crippen molar-refractivity contribution < 1.29 is 13.2 Å². The van der Waals surface area contributed by atoms with Crippen LogP contribution in [-0.4, -0.2) is 32.4 Å². The molecular formula is C10H15ClN4O3S. The lowest BCUT2D eigenvalue weighted by Gasteiger charge is -2.07. The van der Waals surface area contributed by atoms with Gasteiger partial charge in [-0.05, 0) is 13.0 Å². The molecule has 0 spiro atoms. The molecule has 7 nitrogen and oxygen atoms in total. The van der Waals surface area contributed by atoms with Crippen LogP contribution >= 0.6 is 11.6 Å². The Morgan fingerprint density at radius 3 is 2.79 bits per heavy atom. The molecule has 9 heteroatoms. The second-order valence-electron chi connectivity index (χ2n) is 3.64. The Bertz CT molecular complexity index is 562. The van der Waals surface area contributed by atoms with Crippen LogP contribution in [0, 0.1) is 0 Å². The summed E-state index contributed by atoms with van der Waals surface area (Å²) in [4.78, 5) is 14.7. The molecule has 1 aromatic rings. The standard InChI is InChI=1S/C10H15ClN4O3S/c1-2-13-9(16)3-4-15-19(17,18)7-5-8(11)10(12)14-6-7/h5-6,15H,2-4H2,1H3,(H2,12,14)(H,13,16). The summed E-state index contributed by atoms with van der Waals surface area (Å²) < 4.78 is 26.0. The lowest BCUT2D eigenvalue weighted by Crippen LogP contribution is -2.30. The lowest BCUT2D eigenvalue weighted by atomic mass is 10.4. The minimum Gasteiger partial charge on any atom is -0.382 e. The molecule has 0 bridgehead atoms. The van der Waals surface area contributed by atoms with Crippen LogP contribution in [0.2, 0.25) is 5.02 Å². The van der Waals surface area contributed by atoms with Gasteiger partial charge < -0.3 is 11.1 Å². The monoisotopic (exact) mass is 306 g/mol. The average Bonchev–Trinajstić information content (AvgIpc) is 2.32. The molecule has 4 N–H and O–H groups in total. The molecule has 0 unspecified atom stereocenters. The fraction of sp³-hybridized carbons (Fsp3) is 0.400. The highest BCUT2D eigenvalue weighted by atomic mass is 35.5. The van der Waals surface area contributed by atoms with E-state index in [4.69, 9.17) is 17.3 Å². The van der Waals surface area contributed by atoms with Gasteiger partial charge in [-0.1, -0.05) is 11.6 Å². The number of carbonyl (C=O) groups excluding carboxylic acids is 1. The van der Waals surface area contributed by atoms with E-state index in [-0.39, 0.29) is 34.6 Å². The average molecular weight is 307 g/mol. The Morgan fingerprint density at radius 2 is 2.21 bits per heavy atom. The summed E-state index contributed by atoms with van der Waals surface area (Å²) in [6.45, 7) is 2.28. The van der Waals surface area contributed by atoms with Gasteiger partial charge in [0.25, 0.3) is 0 Å². The van der Waals surface area contributed by atoms with Crippen LogP contribution < -0.4 is 15.8 Å². The van der Waals surface area contributed by atoms with Crippen LogP contribution in [0.1, 0.15) is 13.3 Å². The molecule has 0 atom stereocenters. The van der Waals surface area contributed by atoms with Crippen molar-refractivity contribution in [2.75, 3.05) is 18.8 Å². The first-order valence-corrected chi connectivity index (χ1v) is 7.40. The highest BCUT2D eigenvalue weighted by molar-refractivity contribution is 7.89. The van der Waals surface area contributed by atoms with Gasteiger partial charge in [-0.3, -0.25) is 4.79 Å². The smallest absolute Gasteiger partial charge is 0.242 e. The van der Waals surface area contributed by atoms with Gasteiger partial charge in [0.05, 0.1) is 5.02 Å². The highest BCUT2D eigenvalue weighted by Crippen LogP contribution is 2.19. The molecule has 1 rings (SSSR count). The zero-order valence-electron chi connectivity index (χ0n) is 10.3. The number of aromatic nitrogens is 1. The van der Waals surface area contributed by atoms with Crippen LogP contribution in [0.4, 0.5) is 5.82 Å². The number of sulfonamides is 1. The molecule has 0 aliphatic rings. The Hall–Kier alpha value is -1.38. The zero-order valence-corrected chi connectivity index (χ0v) is 11.9. The van der Waals surface area contributed by atoms with Gasteiger partial charge in [0, 0.05) is 25.7 Å². The van der Waals surface area contributed by atoms with Crippen molar-refractivity contribution in [3.8, 4) is 0 Å². The van der Waals surface area contributed by atoms with Crippen LogP contribution in [0.3, 0.4) is 0 Å². The largest absolute Gasteiger partial charge is 0.382 e. The molecule has 0 aliphatic carbocycles. The predicted molar refractivity (Wildman–Crippen MR) is 72.1 cm³/mol. The number of pyridine rings is 1. The van der Waals surface area contributed by atoms with E-state index in [0.29, 0.717) is 6.54 Å². The van der Waals surface area contributed by atoms with Gasteiger partial charge in [0.1, 0.15) is 10.7 Å². The summed E-state index contributed by atoms with van der Waals surface area (Å²) in [5.41, 5.74) is 5.39. The van der Waals surface area contributed by atoms with Gasteiger partial charge in [-0.25, -0.2) is 18.1 Å². The number of nitrogen functional groups attached to an aromatic ring is 1. The van der Waals surface area contributed by atoms with Crippen molar-refractivity contribution in [2.24, 2.45) is 0 Å². The van der Waals surface area contributed by atoms with Gasteiger partial charge in [0.15, 0.2) is 0 Å². The maximum absolute atomic E-state index is 11.9. The summed E-state index contributed by atoms with van der Waals surface area (Å²) in [7, 11) is -3.74. The number of hydrogen-bond donors (Lipinski definition) is 3. The Labute approximate surface area is 116 Å². The topological polar surface area (TPSA) is 114 Å². The van der Waals surface area contributed by atoms with Crippen LogP contribution in [-0.2, 0) is 14.8 Å². The van der Waals surface area contributed by atoms with Gasteiger partial charge in [-0.2, -0.15) is 0 Å². The predicted octanol–water partition coefficient (Wildman–Crippen LogP) is 0.122. The summed E-state index contributed by atoms with van der Waals surface area (Å²) >= 11 is 5.70. The maximum atomic E-state index is 11.9. The van der Waals surface area contributed by atoms with Gasteiger partial charge in [0.2, 0.25) is 15.9 Å². The molecule has 0 aromatic carbocycles. The number of rotatable bonds is 6. The molecule has 0 aliphatic heterocycles. The Balaban J connectivity index is 2.66. The number of nitrogens with two attached hydrogens (primary N) is 1. The quantitative estimate of drug-likeness (QED) is 0.691. The minimum atomic E-state index is -3.74. The number of nitrogens with zero attached hydrogens (tertiary/aromatic N) is 1. The zero-order chi connectivity index (χ0) is 14.5. The molecule has 0 radical (unpaired) electrons. The molecule has 0 fully saturated rings. The van der Waals surface area contributed by atoms with Crippen molar-refractivity contribution in [2.45, 2.75) is 18.2 Å². The van der Waals surface area contributed by atoms with E-state index in [1.54, 1.807) is 6.92 Å². The second-order valence-corrected chi connectivity index (χ2v) is 5.81. The third-order valence-electron chi connectivity index (χ3n) is 2.17. The van der Waals surface area contributed by atoms with E-state index in [1.165, 1.54) is 6.07 Å². The lowest BCUT2D eigenvalue weighted by molar-refractivity contribution is -0.120. The normalized spacial score (nSPS) is 11.3. The fourth-order valence-electron chi connectivity index (χ4n) is 1.25. The van der Waals surface area contributed by atoms with Gasteiger partial charge >= 0.3 is 0 Å². The fourth-order valence-corrected chi connectivity index (χ4v) is 2.48. The molecule has 1 amide bonds. The maximum Gasteiger partial charge on any atom is 0.242 e. The van der Waals surface area contributed by atoms with Crippen LogP contribution in [0.15, 0.2) is 17.2 Å². The van der Waals surface area contributed by atoms with Crippen LogP contribution in [0.5, 0.6) is 0 Å². The number of amides is 1. The summed E-state index contributed by atoms with van der Waals surface area (Å²) in [5, 5.41) is 2.63. The molecule has 1 heterocycles. The van der Waals surface area contributed by atoms with Crippen molar-refractivity contribution in [3.63, 3.8) is 0 Å². The molecular weight excluding hydrogens is 292 g/mol. The third-order valence-corrected chi connectivity index (χ3v) is 3.90. The van der Waals surface area contributed by atoms with Crippen LogP contribution in [0.25, 0.3) is 0 Å². The molecule has 1 aromatic heterocycles.